The molecule has 0 unspecified atom stereocenters. The molecule has 1 saturated heterocycles. The number of rotatable bonds is 5. The molecule has 0 aliphatic carbocycles. The van der Waals surface area contributed by atoms with Crippen molar-refractivity contribution in [1.29, 1.82) is 0 Å². The molecule has 3 amide bonds. The van der Waals surface area contributed by atoms with Gasteiger partial charge < -0.3 is 9.80 Å². The second-order valence-electron chi connectivity index (χ2n) is 3.79. The van der Waals surface area contributed by atoms with Crippen molar-refractivity contribution in [2.24, 2.45) is 0 Å². The van der Waals surface area contributed by atoms with E-state index in [1.54, 1.807) is 4.90 Å². The number of nitrogens with zero attached hydrogens (tertiary/aromatic N) is 2. The highest BCUT2D eigenvalue weighted by Crippen LogP contribution is 2.01. The summed E-state index contributed by atoms with van der Waals surface area (Å²) in [7, 11) is 4.04. The van der Waals surface area contributed by atoms with Gasteiger partial charge in [-0.25, -0.2) is 4.79 Å². The Balaban J connectivity index is 2.13. The Morgan fingerprint density at radius 2 is 2.07 bits per heavy atom. The Morgan fingerprint density at radius 3 is 2.57 bits per heavy atom. The van der Waals surface area contributed by atoms with Crippen LogP contribution in [0.3, 0.4) is 0 Å². The molecule has 0 aromatic carbocycles. The lowest BCUT2D eigenvalue weighted by Crippen LogP contribution is -2.29. The molecule has 1 rings (SSSR count). The summed E-state index contributed by atoms with van der Waals surface area (Å²) in [6.07, 6.45) is 1.99. The molecule has 1 N–H and O–H groups in total. The van der Waals surface area contributed by atoms with E-state index in [4.69, 9.17) is 0 Å². The van der Waals surface area contributed by atoms with Crippen molar-refractivity contribution in [3.8, 4) is 0 Å². The monoisotopic (exact) mass is 199 g/mol. The number of amides is 3. The van der Waals surface area contributed by atoms with Gasteiger partial charge in [-0.15, -0.1) is 0 Å². The van der Waals surface area contributed by atoms with E-state index in [2.05, 4.69) is 10.2 Å². The first-order chi connectivity index (χ1) is 6.59. The number of hydrogen-bond donors (Lipinski definition) is 1. The fourth-order valence-electron chi connectivity index (χ4n) is 1.39. The smallest absolute Gasteiger partial charge is 0.315 e. The maximum atomic E-state index is 11.1. The molecular formula is C9H17N3O2. The van der Waals surface area contributed by atoms with Crippen LogP contribution in [0, 0.1) is 0 Å². The molecule has 5 heteroatoms. The van der Waals surface area contributed by atoms with Crippen LogP contribution in [0.4, 0.5) is 4.79 Å². The molecule has 0 aromatic rings. The van der Waals surface area contributed by atoms with Crippen molar-refractivity contribution in [1.82, 2.24) is 15.1 Å². The summed E-state index contributed by atoms with van der Waals surface area (Å²) in [6, 6.07) is -0.250. The van der Waals surface area contributed by atoms with Crippen LogP contribution in [0.1, 0.15) is 12.8 Å². The first kappa shape index (κ1) is 11.0. The van der Waals surface area contributed by atoms with Crippen LogP contribution in [0.15, 0.2) is 0 Å². The summed E-state index contributed by atoms with van der Waals surface area (Å²) >= 11 is 0. The number of carbonyl (C=O) groups excluding carboxylic acids is 2. The molecule has 0 saturated carbocycles. The number of nitrogens with one attached hydrogen (secondary N) is 1. The van der Waals surface area contributed by atoms with E-state index in [0.29, 0.717) is 6.54 Å². The van der Waals surface area contributed by atoms with Gasteiger partial charge in [-0.1, -0.05) is 0 Å². The third-order valence-corrected chi connectivity index (χ3v) is 2.15. The van der Waals surface area contributed by atoms with E-state index in [0.717, 1.165) is 19.4 Å². The minimum atomic E-state index is -0.250. The van der Waals surface area contributed by atoms with Crippen LogP contribution in [0.25, 0.3) is 0 Å². The van der Waals surface area contributed by atoms with Gasteiger partial charge in [-0.2, -0.15) is 0 Å². The van der Waals surface area contributed by atoms with E-state index in [-0.39, 0.29) is 18.5 Å². The van der Waals surface area contributed by atoms with Crippen molar-refractivity contribution in [3.05, 3.63) is 0 Å². The third kappa shape index (κ3) is 3.33. The first-order valence-electron chi connectivity index (χ1n) is 4.83. The zero-order valence-electron chi connectivity index (χ0n) is 8.75. The predicted molar refractivity (Wildman–Crippen MR) is 52.9 cm³/mol. The number of hydrogen-bond acceptors (Lipinski definition) is 3. The topological polar surface area (TPSA) is 52.6 Å². The molecule has 80 valence electrons. The fraction of sp³-hybridized carbons (Fsp3) is 0.778. The van der Waals surface area contributed by atoms with Gasteiger partial charge in [0.05, 0.1) is 0 Å². The quantitative estimate of drug-likeness (QED) is 0.496. The van der Waals surface area contributed by atoms with Gasteiger partial charge in [-0.3, -0.25) is 10.1 Å². The van der Waals surface area contributed by atoms with Crippen molar-refractivity contribution in [3.63, 3.8) is 0 Å². The van der Waals surface area contributed by atoms with E-state index in [1.807, 2.05) is 14.1 Å². The predicted octanol–water partition coefficient (Wildman–Crippen LogP) is -0.120. The molecule has 1 aliphatic rings. The first-order valence-corrected chi connectivity index (χ1v) is 4.83. The van der Waals surface area contributed by atoms with E-state index < -0.39 is 0 Å². The highest BCUT2D eigenvalue weighted by Gasteiger charge is 2.25. The lowest BCUT2D eigenvalue weighted by molar-refractivity contribution is -0.118. The van der Waals surface area contributed by atoms with Crippen LogP contribution < -0.4 is 5.32 Å². The van der Waals surface area contributed by atoms with E-state index in [9.17, 15) is 9.59 Å². The zero-order valence-corrected chi connectivity index (χ0v) is 8.75. The Hall–Kier alpha value is -1.10. The Kier molecular flexibility index (Phi) is 3.88. The minimum absolute atomic E-state index is 0.192. The Bertz CT molecular complexity index is 228. The summed E-state index contributed by atoms with van der Waals surface area (Å²) < 4.78 is 0. The summed E-state index contributed by atoms with van der Waals surface area (Å²) in [5.41, 5.74) is 0. The molecule has 0 atom stereocenters. The highest BCUT2D eigenvalue weighted by atomic mass is 16.2. The standard InChI is InChI=1S/C9H17N3O2/c1-11(2)5-3-4-6-12-7-8(13)10-9(12)14/h3-7H2,1-2H3,(H,10,13,14). The summed E-state index contributed by atoms with van der Waals surface area (Å²) in [5, 5.41) is 2.25. The van der Waals surface area contributed by atoms with Gasteiger partial charge in [-0.05, 0) is 33.5 Å². The van der Waals surface area contributed by atoms with Gasteiger partial charge >= 0.3 is 6.03 Å². The molecule has 0 bridgehead atoms. The molecule has 1 heterocycles. The number of imide groups is 1. The van der Waals surface area contributed by atoms with Crippen LogP contribution in [0.5, 0.6) is 0 Å². The Morgan fingerprint density at radius 1 is 1.36 bits per heavy atom. The van der Waals surface area contributed by atoms with Gasteiger partial charge in [0.1, 0.15) is 6.54 Å². The average Bonchev–Trinajstić information content (AvgIpc) is 2.39. The van der Waals surface area contributed by atoms with Crippen molar-refractivity contribution >= 4 is 11.9 Å². The molecule has 0 spiro atoms. The molecule has 5 nitrogen and oxygen atoms in total. The molecule has 1 fully saturated rings. The maximum absolute atomic E-state index is 11.1. The highest BCUT2D eigenvalue weighted by molar-refractivity contribution is 6.01. The summed E-state index contributed by atoms with van der Waals surface area (Å²) in [5.74, 6) is -0.192. The molecular weight excluding hydrogens is 182 g/mol. The normalized spacial score (nSPS) is 16.6. The maximum Gasteiger partial charge on any atom is 0.324 e. The van der Waals surface area contributed by atoms with Crippen molar-refractivity contribution in [2.75, 3.05) is 33.7 Å². The molecule has 1 aliphatic heterocycles. The molecule has 14 heavy (non-hydrogen) atoms. The van der Waals surface area contributed by atoms with E-state index in [1.165, 1.54) is 0 Å². The summed E-state index contributed by atoms with van der Waals surface area (Å²) in [4.78, 5) is 25.6. The summed E-state index contributed by atoms with van der Waals surface area (Å²) in [6.45, 7) is 1.91. The van der Waals surface area contributed by atoms with Gasteiger partial charge in [0, 0.05) is 6.54 Å². The SMILES string of the molecule is CN(C)CCCCN1CC(=O)NC1=O. The third-order valence-electron chi connectivity index (χ3n) is 2.15. The zero-order chi connectivity index (χ0) is 10.6. The Labute approximate surface area is 84.0 Å². The van der Waals surface area contributed by atoms with Gasteiger partial charge in [0.15, 0.2) is 0 Å². The van der Waals surface area contributed by atoms with Crippen LogP contribution >= 0.6 is 0 Å². The average molecular weight is 199 g/mol. The second-order valence-corrected chi connectivity index (χ2v) is 3.79. The second kappa shape index (κ2) is 4.95. The molecule has 0 radical (unpaired) electrons. The number of unbranched alkanes of at least 4 members (excludes halogenated alkanes) is 1. The largest absolute Gasteiger partial charge is 0.324 e. The van der Waals surface area contributed by atoms with Crippen LogP contribution in [-0.4, -0.2) is 55.5 Å². The number of carbonyl (C=O) groups is 2. The van der Waals surface area contributed by atoms with Crippen LogP contribution in [-0.2, 0) is 4.79 Å². The van der Waals surface area contributed by atoms with Crippen LogP contribution in [0.2, 0.25) is 0 Å². The lowest BCUT2D eigenvalue weighted by Gasteiger charge is -2.14. The fourth-order valence-corrected chi connectivity index (χ4v) is 1.39. The lowest BCUT2D eigenvalue weighted by atomic mass is 10.3. The minimum Gasteiger partial charge on any atom is -0.315 e. The van der Waals surface area contributed by atoms with Crippen molar-refractivity contribution < 1.29 is 9.59 Å². The van der Waals surface area contributed by atoms with Gasteiger partial charge in [0.2, 0.25) is 5.91 Å². The van der Waals surface area contributed by atoms with Gasteiger partial charge in [0.25, 0.3) is 0 Å². The van der Waals surface area contributed by atoms with Crippen molar-refractivity contribution in [2.45, 2.75) is 12.8 Å². The number of urea groups is 1. The van der Waals surface area contributed by atoms with E-state index >= 15 is 0 Å². The molecule has 0 aromatic heterocycles.